The molecule has 0 spiro atoms. The third kappa shape index (κ3) is 2.98. The van der Waals surface area contributed by atoms with Crippen molar-refractivity contribution in [2.24, 2.45) is 0 Å². The first kappa shape index (κ1) is 12.8. The number of rotatable bonds is 4. The molecule has 0 fully saturated rings. The third-order valence-corrected chi connectivity index (χ3v) is 3.94. The number of hydrogen-bond acceptors (Lipinski definition) is 4. The van der Waals surface area contributed by atoms with Crippen LogP contribution in [0, 0.1) is 13.8 Å². The fourth-order valence-corrected chi connectivity index (χ4v) is 2.67. The Balaban J connectivity index is 2.10. The Labute approximate surface area is 110 Å². The lowest BCUT2D eigenvalue weighted by Gasteiger charge is -2.04. The van der Waals surface area contributed by atoms with Gasteiger partial charge in [-0.15, -0.1) is 11.3 Å². The Morgan fingerprint density at radius 1 is 1.39 bits per heavy atom. The summed E-state index contributed by atoms with van der Waals surface area (Å²) in [7, 11) is 0. The highest BCUT2D eigenvalue weighted by atomic mass is 32.1. The number of aromatic amines is 1. The van der Waals surface area contributed by atoms with E-state index in [9.17, 15) is 4.79 Å². The van der Waals surface area contributed by atoms with Crippen LogP contribution in [0.15, 0.2) is 16.9 Å². The third-order valence-electron chi connectivity index (χ3n) is 2.79. The maximum Gasteiger partial charge on any atom is 0.252 e. The first-order valence-corrected chi connectivity index (χ1v) is 6.80. The van der Waals surface area contributed by atoms with Gasteiger partial charge < -0.3 is 10.3 Å². The zero-order valence-corrected chi connectivity index (χ0v) is 11.6. The molecule has 0 radical (unpaired) electrons. The lowest BCUT2D eigenvalue weighted by Crippen LogP contribution is -2.13. The standard InChI is InChI=1S/C13H17N3OS/c1-4-11-15-12(6-13(17)16-11)14-7-10-5-8(2)9(3)18-10/h5-6H,4,7H2,1-3H3,(H2,14,15,16,17). The van der Waals surface area contributed by atoms with Gasteiger partial charge in [-0.3, -0.25) is 4.79 Å². The second kappa shape index (κ2) is 5.35. The van der Waals surface area contributed by atoms with Gasteiger partial charge >= 0.3 is 0 Å². The molecule has 2 heterocycles. The average Bonchev–Trinajstić information content (AvgIpc) is 2.65. The van der Waals surface area contributed by atoms with Crippen molar-refractivity contribution in [2.45, 2.75) is 33.7 Å². The minimum atomic E-state index is -0.108. The zero-order chi connectivity index (χ0) is 13.1. The van der Waals surface area contributed by atoms with Crippen LogP contribution in [0.3, 0.4) is 0 Å². The minimum absolute atomic E-state index is 0.108. The molecule has 0 aromatic carbocycles. The Kier molecular flexibility index (Phi) is 3.81. The predicted octanol–water partition coefficient (Wildman–Crippen LogP) is 2.62. The van der Waals surface area contributed by atoms with Crippen molar-refractivity contribution in [2.75, 3.05) is 5.32 Å². The van der Waals surface area contributed by atoms with Gasteiger partial charge in [0.1, 0.15) is 11.6 Å². The Bertz CT molecular complexity index is 581. The van der Waals surface area contributed by atoms with Crippen molar-refractivity contribution >= 4 is 17.2 Å². The maximum atomic E-state index is 11.4. The van der Waals surface area contributed by atoms with Crippen LogP contribution in [0.25, 0.3) is 0 Å². The fraction of sp³-hybridized carbons (Fsp3) is 0.385. The van der Waals surface area contributed by atoms with Gasteiger partial charge in [0.25, 0.3) is 5.56 Å². The van der Waals surface area contributed by atoms with Crippen molar-refractivity contribution in [1.82, 2.24) is 9.97 Å². The van der Waals surface area contributed by atoms with Crippen molar-refractivity contribution in [1.29, 1.82) is 0 Å². The minimum Gasteiger partial charge on any atom is -0.365 e. The monoisotopic (exact) mass is 263 g/mol. The van der Waals surface area contributed by atoms with Gasteiger partial charge in [-0.05, 0) is 25.5 Å². The van der Waals surface area contributed by atoms with Crippen LogP contribution in [0.2, 0.25) is 0 Å². The highest BCUT2D eigenvalue weighted by Crippen LogP contribution is 2.21. The lowest BCUT2D eigenvalue weighted by molar-refractivity contribution is 0.916. The highest BCUT2D eigenvalue weighted by Gasteiger charge is 2.03. The van der Waals surface area contributed by atoms with E-state index in [0.717, 1.165) is 6.42 Å². The summed E-state index contributed by atoms with van der Waals surface area (Å²) in [6, 6.07) is 3.66. The van der Waals surface area contributed by atoms with E-state index >= 15 is 0 Å². The van der Waals surface area contributed by atoms with Gasteiger partial charge in [-0.2, -0.15) is 0 Å². The number of aromatic nitrogens is 2. The molecule has 0 bridgehead atoms. The van der Waals surface area contributed by atoms with Crippen LogP contribution < -0.4 is 10.9 Å². The number of thiophene rings is 1. The SMILES string of the molecule is CCc1nc(NCc2cc(C)c(C)s2)cc(=O)[nH]1. The predicted molar refractivity (Wildman–Crippen MR) is 75.4 cm³/mol. The van der Waals surface area contributed by atoms with Crippen LogP contribution in [0.4, 0.5) is 5.82 Å². The van der Waals surface area contributed by atoms with Gasteiger partial charge in [0.15, 0.2) is 0 Å². The Morgan fingerprint density at radius 2 is 2.17 bits per heavy atom. The van der Waals surface area contributed by atoms with Crippen LogP contribution >= 0.6 is 11.3 Å². The highest BCUT2D eigenvalue weighted by molar-refractivity contribution is 7.12. The van der Waals surface area contributed by atoms with Crippen LogP contribution in [0.5, 0.6) is 0 Å². The molecule has 18 heavy (non-hydrogen) atoms. The second-order valence-electron chi connectivity index (χ2n) is 4.24. The van der Waals surface area contributed by atoms with Crippen LogP contribution in [-0.4, -0.2) is 9.97 Å². The van der Waals surface area contributed by atoms with E-state index in [1.807, 2.05) is 6.92 Å². The van der Waals surface area contributed by atoms with Crippen LogP contribution in [0.1, 0.15) is 28.1 Å². The van der Waals surface area contributed by atoms with Crippen LogP contribution in [-0.2, 0) is 13.0 Å². The molecule has 0 amide bonds. The van der Waals surface area contributed by atoms with Crippen molar-refractivity contribution < 1.29 is 0 Å². The van der Waals surface area contributed by atoms with E-state index in [-0.39, 0.29) is 5.56 Å². The molecule has 2 N–H and O–H groups in total. The van der Waals surface area contributed by atoms with E-state index in [2.05, 4.69) is 35.2 Å². The average molecular weight is 263 g/mol. The summed E-state index contributed by atoms with van der Waals surface area (Å²) in [5.74, 6) is 1.35. The summed E-state index contributed by atoms with van der Waals surface area (Å²) in [6.45, 7) is 6.90. The summed E-state index contributed by atoms with van der Waals surface area (Å²) in [4.78, 5) is 21.0. The van der Waals surface area contributed by atoms with Gasteiger partial charge in [0, 0.05) is 22.2 Å². The summed E-state index contributed by atoms with van der Waals surface area (Å²) in [5, 5.41) is 3.20. The molecule has 0 saturated heterocycles. The van der Waals surface area contributed by atoms with E-state index in [1.54, 1.807) is 11.3 Å². The summed E-state index contributed by atoms with van der Waals surface area (Å²) in [6.07, 6.45) is 0.724. The van der Waals surface area contributed by atoms with Crippen molar-refractivity contribution in [3.05, 3.63) is 43.6 Å². The van der Waals surface area contributed by atoms with Gasteiger partial charge in [-0.25, -0.2) is 4.98 Å². The molecule has 0 aliphatic heterocycles. The normalized spacial score (nSPS) is 10.6. The quantitative estimate of drug-likeness (QED) is 0.891. The zero-order valence-electron chi connectivity index (χ0n) is 10.8. The summed E-state index contributed by atoms with van der Waals surface area (Å²) < 4.78 is 0. The molecule has 0 aliphatic carbocycles. The van der Waals surface area contributed by atoms with Crippen molar-refractivity contribution in [3.8, 4) is 0 Å². The maximum absolute atomic E-state index is 11.4. The van der Waals surface area contributed by atoms with E-state index in [4.69, 9.17) is 0 Å². The second-order valence-corrected chi connectivity index (χ2v) is 5.58. The molecule has 2 rings (SSSR count). The number of nitrogens with zero attached hydrogens (tertiary/aromatic N) is 1. The topological polar surface area (TPSA) is 57.8 Å². The largest absolute Gasteiger partial charge is 0.365 e. The molecule has 5 heteroatoms. The van der Waals surface area contributed by atoms with Gasteiger partial charge in [-0.1, -0.05) is 6.92 Å². The molecular weight excluding hydrogens is 246 g/mol. The molecule has 96 valence electrons. The van der Waals surface area contributed by atoms with Gasteiger partial charge in [0.2, 0.25) is 0 Å². The lowest BCUT2D eigenvalue weighted by atomic mass is 10.3. The number of nitrogens with one attached hydrogen (secondary N) is 2. The van der Waals surface area contributed by atoms with Gasteiger partial charge in [0.05, 0.1) is 6.54 Å². The first-order valence-electron chi connectivity index (χ1n) is 5.98. The fourth-order valence-electron chi connectivity index (χ4n) is 1.68. The summed E-state index contributed by atoms with van der Waals surface area (Å²) >= 11 is 1.77. The van der Waals surface area contributed by atoms with E-state index in [0.29, 0.717) is 18.2 Å². The smallest absolute Gasteiger partial charge is 0.252 e. The summed E-state index contributed by atoms with van der Waals surface area (Å²) in [5.41, 5.74) is 1.20. The molecule has 4 nitrogen and oxygen atoms in total. The molecule has 0 aliphatic rings. The van der Waals surface area contributed by atoms with Crippen molar-refractivity contribution in [3.63, 3.8) is 0 Å². The number of hydrogen-bond donors (Lipinski definition) is 2. The molecule has 2 aromatic rings. The molecule has 0 unspecified atom stereocenters. The number of anilines is 1. The molecular formula is C13H17N3OS. The Hall–Kier alpha value is -1.62. The van der Waals surface area contributed by atoms with E-state index in [1.165, 1.54) is 21.4 Å². The first-order chi connectivity index (χ1) is 8.58. The molecule has 2 aromatic heterocycles. The number of aryl methyl sites for hydroxylation is 3. The van der Waals surface area contributed by atoms with E-state index < -0.39 is 0 Å². The Morgan fingerprint density at radius 3 is 2.78 bits per heavy atom. The molecule has 0 atom stereocenters. The number of H-pyrrole nitrogens is 1. The molecule has 0 saturated carbocycles.